The fourth-order valence-corrected chi connectivity index (χ4v) is 16.0. The molecular formula is C62H59NS2. The molecule has 0 radical (unpaired) electrons. The summed E-state index contributed by atoms with van der Waals surface area (Å²) in [6.07, 6.45) is 60.6. The molecule has 2 heterocycles. The summed E-state index contributed by atoms with van der Waals surface area (Å²) in [5.41, 5.74) is 16.7. The van der Waals surface area contributed by atoms with Gasteiger partial charge in [-0.25, -0.2) is 0 Å². The Morgan fingerprint density at radius 1 is 0.631 bits per heavy atom. The summed E-state index contributed by atoms with van der Waals surface area (Å²) in [6, 6.07) is 18.3. The molecule has 1 nitrogen and oxygen atoms in total. The van der Waals surface area contributed by atoms with Crippen LogP contribution in [-0.4, -0.2) is 16.2 Å². The minimum atomic E-state index is 0.273. The van der Waals surface area contributed by atoms with Gasteiger partial charge in [0.15, 0.2) is 0 Å². The lowest BCUT2D eigenvalue weighted by molar-refractivity contribution is 0.398. The molecule has 3 heteroatoms. The van der Waals surface area contributed by atoms with Crippen molar-refractivity contribution in [1.82, 2.24) is 4.90 Å². The van der Waals surface area contributed by atoms with Crippen molar-refractivity contribution < 1.29 is 0 Å². The van der Waals surface area contributed by atoms with Crippen molar-refractivity contribution in [1.29, 1.82) is 0 Å². The molecule has 1 aromatic heterocycles. The van der Waals surface area contributed by atoms with E-state index in [1.54, 1.807) is 32.8 Å². The number of rotatable bonds is 7. The number of thiophene rings is 1. The lowest BCUT2D eigenvalue weighted by Gasteiger charge is -2.40. The fourth-order valence-electron chi connectivity index (χ4n) is 13.1. The van der Waals surface area contributed by atoms with Gasteiger partial charge in [0.25, 0.3) is 0 Å². The topological polar surface area (TPSA) is 3.24 Å². The number of fused-ring (bicyclic) bond motifs is 7. The average molecular weight is 882 g/mol. The second-order valence-corrected chi connectivity index (χ2v) is 22.2. The third-order valence-corrected chi connectivity index (χ3v) is 19.1. The van der Waals surface area contributed by atoms with E-state index in [0.717, 1.165) is 25.7 Å². The summed E-state index contributed by atoms with van der Waals surface area (Å²) in [6.45, 7) is 0. The Kier molecular flexibility index (Phi) is 10.5. The zero-order chi connectivity index (χ0) is 42.8. The maximum Gasteiger partial charge on any atom is 0.0557 e. The van der Waals surface area contributed by atoms with Gasteiger partial charge in [0, 0.05) is 49.4 Å². The van der Waals surface area contributed by atoms with E-state index in [1.165, 1.54) is 111 Å². The van der Waals surface area contributed by atoms with Crippen LogP contribution in [0.25, 0.3) is 33.0 Å². The van der Waals surface area contributed by atoms with E-state index in [-0.39, 0.29) is 6.04 Å². The fraction of sp³-hybridized carbons (Fsp3) is 0.323. The van der Waals surface area contributed by atoms with E-state index in [4.69, 9.17) is 0 Å². The van der Waals surface area contributed by atoms with Crippen LogP contribution < -0.4 is 9.75 Å². The van der Waals surface area contributed by atoms with Crippen LogP contribution in [0.5, 0.6) is 0 Å². The number of thioether (sulfide) groups is 1. The first-order chi connectivity index (χ1) is 32.2. The third-order valence-electron chi connectivity index (χ3n) is 16.4. The van der Waals surface area contributed by atoms with Crippen molar-refractivity contribution in [3.05, 3.63) is 211 Å². The van der Waals surface area contributed by atoms with Gasteiger partial charge in [-0.3, -0.25) is 0 Å². The molecule has 7 unspecified atom stereocenters. The molecule has 0 amide bonds. The van der Waals surface area contributed by atoms with Crippen LogP contribution in [0.3, 0.4) is 0 Å². The van der Waals surface area contributed by atoms with E-state index in [2.05, 4.69) is 175 Å². The molecule has 0 spiro atoms. The van der Waals surface area contributed by atoms with E-state index in [0.29, 0.717) is 34.8 Å². The SMILES string of the molecule is C1=CC2=CC(C3=CCC(N(C4=CCC(C5=CCC(C6=CC7SC8=C(CCC=C8)C7C=C6)CC5)C=C4)C4=c5sc6c(-c7ccccc7)cccc6c5=CCC4)C=C3)C3CCC=CC3=C2CC1. The molecule has 0 saturated carbocycles. The van der Waals surface area contributed by atoms with Crippen molar-refractivity contribution >= 4 is 45.0 Å². The molecule has 2 aromatic carbocycles. The molecule has 7 atom stereocenters. The van der Waals surface area contributed by atoms with Gasteiger partial charge in [0.2, 0.25) is 0 Å². The summed E-state index contributed by atoms with van der Waals surface area (Å²) < 4.78 is 2.88. The Morgan fingerprint density at radius 2 is 1.54 bits per heavy atom. The molecule has 0 fully saturated rings. The smallest absolute Gasteiger partial charge is 0.0557 e. The number of hydrogen-bond acceptors (Lipinski definition) is 3. The van der Waals surface area contributed by atoms with Crippen molar-refractivity contribution in [3.8, 4) is 11.1 Å². The van der Waals surface area contributed by atoms with Crippen molar-refractivity contribution in [2.75, 3.05) is 0 Å². The maximum absolute atomic E-state index is 2.79. The Hall–Kier alpha value is -5.09. The first-order valence-electron chi connectivity index (χ1n) is 25.0. The normalized spacial score (nSPS) is 29.8. The zero-order valence-electron chi connectivity index (χ0n) is 37.5. The van der Waals surface area contributed by atoms with Gasteiger partial charge in [-0.2, -0.15) is 0 Å². The largest absolute Gasteiger partial charge is 0.337 e. The number of nitrogens with zero attached hydrogens (tertiary/aromatic N) is 1. The predicted octanol–water partition coefficient (Wildman–Crippen LogP) is 15.0. The lowest BCUT2D eigenvalue weighted by Crippen LogP contribution is -2.39. The Balaban J connectivity index is 0.805. The summed E-state index contributed by atoms with van der Waals surface area (Å²) in [7, 11) is 0. The van der Waals surface area contributed by atoms with Crippen molar-refractivity contribution in [2.24, 2.45) is 29.6 Å². The summed E-state index contributed by atoms with van der Waals surface area (Å²) >= 11 is 4.14. The molecule has 13 rings (SSSR count). The molecule has 0 saturated heterocycles. The minimum absolute atomic E-state index is 0.273. The highest BCUT2D eigenvalue weighted by atomic mass is 32.2. The molecule has 1 aliphatic heterocycles. The molecule has 0 N–H and O–H groups in total. The summed E-state index contributed by atoms with van der Waals surface area (Å²) in [5.74, 6) is 2.80. The first-order valence-corrected chi connectivity index (χ1v) is 26.7. The number of allylic oxidation sites excluding steroid dienone is 21. The Morgan fingerprint density at radius 3 is 2.42 bits per heavy atom. The molecule has 0 bridgehead atoms. The number of hydrogen-bond donors (Lipinski definition) is 0. The van der Waals surface area contributed by atoms with Gasteiger partial charge >= 0.3 is 0 Å². The van der Waals surface area contributed by atoms with Crippen LogP contribution in [0.1, 0.15) is 83.5 Å². The van der Waals surface area contributed by atoms with Crippen LogP contribution in [0.15, 0.2) is 201 Å². The standard InChI is InChI=1S/C62H59NS2/c1-2-12-43(13-3-1)50-19-10-20-55-56-21-11-22-58(62(56)65-61(50)55)63(48-35-30-44(31-36-48)57-38-46-14-4-5-15-49(46)51-16-6-7-17-52(51)57)47-33-28-41(29-34-47)40-24-26-42(27-25-40)45-32-37-54-53-18-8-9-23-59(53)64-60(54)39-45/h1-4,6,9-10,12-14,16,19-21,23-24,28,30-35,37-39,41-42,48,52,54,57,60H,5,7-8,11,15,17-18,22,25-27,29,36H2. The molecule has 324 valence electrons. The van der Waals surface area contributed by atoms with E-state index < -0.39 is 0 Å². The third kappa shape index (κ3) is 7.19. The van der Waals surface area contributed by atoms with E-state index in [9.17, 15) is 0 Å². The van der Waals surface area contributed by atoms with Crippen LogP contribution in [-0.2, 0) is 0 Å². The van der Waals surface area contributed by atoms with Gasteiger partial charge in [-0.05, 0) is 151 Å². The van der Waals surface area contributed by atoms with Gasteiger partial charge in [-0.1, -0.05) is 157 Å². The van der Waals surface area contributed by atoms with Crippen molar-refractivity contribution in [2.45, 2.75) is 94.8 Å². The minimum Gasteiger partial charge on any atom is -0.337 e. The highest BCUT2D eigenvalue weighted by Crippen LogP contribution is 2.51. The second-order valence-electron chi connectivity index (χ2n) is 20.0. The lowest BCUT2D eigenvalue weighted by atomic mass is 9.67. The van der Waals surface area contributed by atoms with Gasteiger partial charge in [0.05, 0.1) is 10.6 Å². The Bertz CT molecular complexity index is 3030. The second kappa shape index (κ2) is 17.0. The van der Waals surface area contributed by atoms with E-state index in [1.807, 2.05) is 11.3 Å². The molecule has 65 heavy (non-hydrogen) atoms. The Labute approximate surface area is 394 Å². The van der Waals surface area contributed by atoms with Gasteiger partial charge in [-0.15, -0.1) is 23.1 Å². The molecule has 10 aliphatic rings. The maximum atomic E-state index is 2.79. The highest BCUT2D eigenvalue weighted by Gasteiger charge is 2.37. The predicted molar refractivity (Wildman–Crippen MR) is 278 cm³/mol. The highest BCUT2D eigenvalue weighted by molar-refractivity contribution is 8.04. The van der Waals surface area contributed by atoms with Crippen LogP contribution in [0.4, 0.5) is 0 Å². The molecule has 3 aromatic rings. The summed E-state index contributed by atoms with van der Waals surface area (Å²) in [5, 5.41) is 3.45. The van der Waals surface area contributed by atoms with E-state index >= 15 is 0 Å². The molecular weight excluding hydrogens is 823 g/mol. The van der Waals surface area contributed by atoms with Crippen LogP contribution in [0.2, 0.25) is 0 Å². The zero-order valence-corrected chi connectivity index (χ0v) is 39.1. The van der Waals surface area contributed by atoms with Crippen molar-refractivity contribution in [3.63, 3.8) is 0 Å². The quantitative estimate of drug-likeness (QED) is 0.218. The van der Waals surface area contributed by atoms with Gasteiger partial charge < -0.3 is 4.90 Å². The molecule has 9 aliphatic carbocycles. The van der Waals surface area contributed by atoms with Gasteiger partial charge in [0.1, 0.15) is 0 Å². The summed E-state index contributed by atoms with van der Waals surface area (Å²) in [4.78, 5) is 4.34. The van der Waals surface area contributed by atoms with Crippen LogP contribution in [0, 0.1) is 29.6 Å². The first kappa shape index (κ1) is 40.2. The monoisotopic (exact) mass is 881 g/mol. The van der Waals surface area contributed by atoms with Crippen LogP contribution >= 0.6 is 23.1 Å². The number of benzene rings is 2. The average Bonchev–Trinajstić information content (AvgIpc) is 3.96.